The molecule has 1 aliphatic rings. The highest BCUT2D eigenvalue weighted by Crippen LogP contribution is 2.29. The Morgan fingerprint density at radius 1 is 1.16 bits per heavy atom. The molecule has 8 nitrogen and oxygen atoms in total. The molecule has 1 heterocycles. The predicted molar refractivity (Wildman–Crippen MR) is 121 cm³/mol. The van der Waals surface area contributed by atoms with Crippen molar-refractivity contribution in [2.24, 2.45) is 5.92 Å². The van der Waals surface area contributed by atoms with Gasteiger partial charge >= 0.3 is 6.09 Å². The molecule has 0 radical (unpaired) electrons. The van der Waals surface area contributed by atoms with E-state index in [1.807, 2.05) is 19.1 Å². The Morgan fingerprint density at radius 2 is 1.78 bits per heavy atom. The number of benzene rings is 1. The molecule has 1 fully saturated rings. The van der Waals surface area contributed by atoms with E-state index < -0.39 is 29.8 Å². The van der Waals surface area contributed by atoms with Crippen molar-refractivity contribution in [3.05, 3.63) is 35.4 Å². The summed E-state index contributed by atoms with van der Waals surface area (Å²) in [5.41, 5.74) is 0.957. The van der Waals surface area contributed by atoms with Crippen molar-refractivity contribution < 1.29 is 28.6 Å². The molecule has 1 aromatic rings. The summed E-state index contributed by atoms with van der Waals surface area (Å²) in [6, 6.07) is 6.81. The quantitative estimate of drug-likeness (QED) is 0.615. The molecule has 8 heteroatoms. The molecule has 0 saturated carbocycles. The summed E-state index contributed by atoms with van der Waals surface area (Å²) in [5.74, 6) is -1.09. The molecule has 1 aromatic carbocycles. The second kappa shape index (κ2) is 10.9. The first-order valence-corrected chi connectivity index (χ1v) is 10.9. The number of likely N-dealkylation sites (tertiary alicyclic amines) is 1. The molecule has 1 aliphatic heterocycles. The van der Waals surface area contributed by atoms with E-state index >= 15 is 0 Å². The summed E-state index contributed by atoms with van der Waals surface area (Å²) in [6.07, 6.45) is -0.708. The summed E-state index contributed by atoms with van der Waals surface area (Å²) >= 11 is 0. The molecule has 0 unspecified atom stereocenters. The second-order valence-electron chi connectivity index (χ2n) is 9.29. The lowest BCUT2D eigenvalue weighted by molar-refractivity contribution is -0.130. The molecule has 0 aliphatic carbocycles. The first-order chi connectivity index (χ1) is 15.0. The van der Waals surface area contributed by atoms with E-state index in [2.05, 4.69) is 5.32 Å². The maximum absolute atomic E-state index is 12.8. The number of Topliss-reactive ketones (excluding diaryl/α,β-unsaturated/α-hetero) is 1. The number of amides is 2. The van der Waals surface area contributed by atoms with Crippen LogP contribution in [0, 0.1) is 12.8 Å². The fourth-order valence-electron chi connectivity index (χ4n) is 3.85. The van der Waals surface area contributed by atoms with Gasteiger partial charge in [0.25, 0.3) is 0 Å². The third-order valence-electron chi connectivity index (χ3n) is 5.62. The van der Waals surface area contributed by atoms with Gasteiger partial charge in [-0.05, 0) is 34.1 Å². The maximum Gasteiger partial charge on any atom is 0.410 e. The zero-order valence-corrected chi connectivity index (χ0v) is 20.1. The molecule has 178 valence electrons. The lowest BCUT2D eigenvalue weighted by Gasteiger charge is -2.34. The minimum atomic E-state index is -0.644. The summed E-state index contributed by atoms with van der Waals surface area (Å²) in [7, 11) is 3.11. The van der Waals surface area contributed by atoms with Crippen LogP contribution in [0.1, 0.15) is 50.0 Å². The minimum Gasteiger partial charge on any atom is -0.444 e. The summed E-state index contributed by atoms with van der Waals surface area (Å²) in [6.45, 7) is 9.34. The molecular weight excluding hydrogens is 412 g/mol. The number of hydrogen-bond acceptors (Lipinski definition) is 6. The monoisotopic (exact) mass is 448 g/mol. The molecule has 0 spiro atoms. The highest BCUT2D eigenvalue weighted by Gasteiger charge is 2.45. The number of carbonyl (C=O) groups excluding carboxylic acids is 3. The van der Waals surface area contributed by atoms with E-state index in [9.17, 15) is 14.4 Å². The van der Waals surface area contributed by atoms with Gasteiger partial charge in [0.2, 0.25) is 5.91 Å². The van der Waals surface area contributed by atoms with Gasteiger partial charge in [0, 0.05) is 19.8 Å². The standard InChI is InChI=1S/C24H36N2O6/c1-15-8-10-17(11-9-15)20(27)13-25-22(28)16(2)21(31-7)19-12-18(30-6)14-26(19)23(29)32-24(3,4)5/h8-11,16,18-19,21H,12-14H2,1-7H3,(H,25,28)/t16-,18-,19+,21-/m1/s1. The van der Waals surface area contributed by atoms with Crippen molar-refractivity contribution in [2.45, 2.75) is 64.9 Å². The van der Waals surface area contributed by atoms with Crippen LogP contribution in [0.4, 0.5) is 4.79 Å². The van der Waals surface area contributed by atoms with Crippen LogP contribution in [-0.4, -0.2) is 73.8 Å². The van der Waals surface area contributed by atoms with Crippen molar-refractivity contribution in [1.82, 2.24) is 10.2 Å². The third kappa shape index (κ3) is 6.77. The first-order valence-electron chi connectivity index (χ1n) is 10.9. The normalized spacial score (nSPS) is 20.5. The van der Waals surface area contributed by atoms with Gasteiger partial charge in [0.05, 0.1) is 37.3 Å². The Hall–Kier alpha value is -2.45. The van der Waals surface area contributed by atoms with Crippen LogP contribution in [0.2, 0.25) is 0 Å². The fourth-order valence-corrected chi connectivity index (χ4v) is 3.85. The van der Waals surface area contributed by atoms with E-state index in [0.717, 1.165) is 5.56 Å². The number of carbonyl (C=O) groups is 3. The van der Waals surface area contributed by atoms with Crippen LogP contribution in [0.3, 0.4) is 0 Å². The Labute approximate surface area is 190 Å². The molecule has 1 saturated heterocycles. The molecular formula is C24H36N2O6. The van der Waals surface area contributed by atoms with Crippen molar-refractivity contribution in [1.29, 1.82) is 0 Å². The lowest BCUT2D eigenvalue weighted by Crippen LogP contribution is -2.51. The highest BCUT2D eigenvalue weighted by atomic mass is 16.6. The lowest BCUT2D eigenvalue weighted by atomic mass is 9.94. The van der Waals surface area contributed by atoms with Crippen LogP contribution < -0.4 is 5.32 Å². The highest BCUT2D eigenvalue weighted by molar-refractivity contribution is 5.99. The van der Waals surface area contributed by atoms with Crippen LogP contribution in [0.5, 0.6) is 0 Å². The van der Waals surface area contributed by atoms with Crippen LogP contribution in [-0.2, 0) is 19.0 Å². The predicted octanol–water partition coefficient (Wildman–Crippen LogP) is 2.97. The van der Waals surface area contributed by atoms with Crippen molar-refractivity contribution >= 4 is 17.8 Å². The second-order valence-corrected chi connectivity index (χ2v) is 9.29. The summed E-state index contributed by atoms with van der Waals surface area (Å²) in [4.78, 5) is 39.6. The zero-order chi connectivity index (χ0) is 24.1. The van der Waals surface area contributed by atoms with Gasteiger partial charge in [-0.1, -0.05) is 36.8 Å². The van der Waals surface area contributed by atoms with E-state index in [1.165, 1.54) is 7.11 Å². The third-order valence-corrected chi connectivity index (χ3v) is 5.62. The Balaban J connectivity index is 2.06. The molecule has 1 N–H and O–H groups in total. The number of ether oxygens (including phenoxy) is 3. The van der Waals surface area contributed by atoms with Crippen LogP contribution in [0.25, 0.3) is 0 Å². The van der Waals surface area contributed by atoms with Gasteiger partial charge in [-0.15, -0.1) is 0 Å². The van der Waals surface area contributed by atoms with Crippen molar-refractivity contribution in [3.8, 4) is 0 Å². The molecule has 4 atom stereocenters. The van der Waals surface area contributed by atoms with Gasteiger partial charge in [0.15, 0.2) is 5.78 Å². The van der Waals surface area contributed by atoms with E-state index in [1.54, 1.807) is 51.8 Å². The first kappa shape index (κ1) is 25.8. The van der Waals surface area contributed by atoms with Gasteiger partial charge in [-0.25, -0.2) is 4.79 Å². The zero-order valence-electron chi connectivity index (χ0n) is 20.1. The Kier molecular flexibility index (Phi) is 8.81. The van der Waals surface area contributed by atoms with Gasteiger partial charge < -0.3 is 19.5 Å². The molecule has 32 heavy (non-hydrogen) atoms. The number of methoxy groups -OCH3 is 2. The average Bonchev–Trinajstić information content (AvgIpc) is 3.16. The molecule has 0 bridgehead atoms. The smallest absolute Gasteiger partial charge is 0.410 e. The Morgan fingerprint density at radius 3 is 2.31 bits per heavy atom. The Bertz CT molecular complexity index is 802. The van der Waals surface area contributed by atoms with E-state index in [-0.39, 0.29) is 24.3 Å². The largest absolute Gasteiger partial charge is 0.444 e. The van der Waals surface area contributed by atoms with E-state index in [4.69, 9.17) is 14.2 Å². The van der Waals surface area contributed by atoms with E-state index in [0.29, 0.717) is 18.5 Å². The van der Waals surface area contributed by atoms with Crippen molar-refractivity contribution in [2.75, 3.05) is 27.3 Å². The number of nitrogens with zero attached hydrogens (tertiary/aromatic N) is 1. The van der Waals surface area contributed by atoms with Gasteiger partial charge in [-0.2, -0.15) is 0 Å². The number of hydrogen-bond donors (Lipinski definition) is 1. The van der Waals surface area contributed by atoms with Crippen LogP contribution >= 0.6 is 0 Å². The molecule has 0 aromatic heterocycles. The van der Waals surface area contributed by atoms with Crippen molar-refractivity contribution in [3.63, 3.8) is 0 Å². The topological polar surface area (TPSA) is 94.2 Å². The number of nitrogens with one attached hydrogen (secondary N) is 1. The molecule has 2 amide bonds. The van der Waals surface area contributed by atoms with Gasteiger partial charge in [0.1, 0.15) is 5.60 Å². The average molecular weight is 449 g/mol. The molecule has 2 rings (SSSR count). The number of rotatable bonds is 8. The van der Waals surface area contributed by atoms with Crippen LogP contribution in [0.15, 0.2) is 24.3 Å². The summed E-state index contributed by atoms with van der Waals surface area (Å²) < 4.78 is 16.7. The SMILES string of the molecule is CO[C@@H]1C[C@@H]([C@H](OC)[C@@H](C)C(=O)NCC(=O)c2ccc(C)cc2)N(C(=O)OC(C)(C)C)C1. The fraction of sp³-hybridized carbons (Fsp3) is 0.625. The van der Waals surface area contributed by atoms with Gasteiger partial charge in [-0.3, -0.25) is 14.5 Å². The summed E-state index contributed by atoms with van der Waals surface area (Å²) in [5, 5.41) is 2.71. The maximum atomic E-state index is 12.8. The minimum absolute atomic E-state index is 0.107. The number of aryl methyl sites for hydroxylation is 1. The number of ketones is 1.